The molecule has 0 saturated carbocycles. The molecule has 1 amide bonds. The lowest BCUT2D eigenvalue weighted by Crippen LogP contribution is -2.34. The highest BCUT2D eigenvalue weighted by molar-refractivity contribution is 5.95. The first-order valence-electron chi connectivity index (χ1n) is 9.34. The van der Waals surface area contributed by atoms with Crippen LogP contribution in [-0.4, -0.2) is 23.9 Å². The Morgan fingerprint density at radius 3 is 2.67 bits per heavy atom. The van der Waals surface area contributed by atoms with Crippen molar-refractivity contribution in [3.63, 3.8) is 0 Å². The van der Waals surface area contributed by atoms with E-state index in [9.17, 15) is 14.9 Å². The number of nitrogens with one attached hydrogen (secondary N) is 1. The second kappa shape index (κ2) is 8.20. The number of hydrogen-bond acceptors (Lipinski definition) is 4. The molecule has 2 atom stereocenters. The molecule has 0 radical (unpaired) electrons. The van der Waals surface area contributed by atoms with Crippen molar-refractivity contribution in [2.45, 2.75) is 32.7 Å². The maximum absolute atomic E-state index is 12.4. The summed E-state index contributed by atoms with van der Waals surface area (Å²) in [6, 6.07) is 13.9. The van der Waals surface area contributed by atoms with Crippen molar-refractivity contribution in [3.05, 3.63) is 69.8 Å². The predicted molar refractivity (Wildman–Crippen MR) is 106 cm³/mol. The molecule has 27 heavy (non-hydrogen) atoms. The predicted octanol–water partition coefficient (Wildman–Crippen LogP) is 4.32. The normalized spacial score (nSPS) is 18.0. The van der Waals surface area contributed by atoms with Gasteiger partial charge in [0.1, 0.15) is 0 Å². The second-order valence-electron chi connectivity index (χ2n) is 7.29. The Kier molecular flexibility index (Phi) is 5.74. The number of nitrogens with zero attached hydrogens (tertiary/aromatic N) is 2. The van der Waals surface area contributed by atoms with Crippen LogP contribution in [0.3, 0.4) is 0 Å². The Morgan fingerprint density at radius 2 is 2.00 bits per heavy atom. The average molecular weight is 367 g/mol. The van der Waals surface area contributed by atoms with Crippen molar-refractivity contribution in [1.29, 1.82) is 0 Å². The van der Waals surface area contributed by atoms with Gasteiger partial charge in [-0.3, -0.25) is 14.9 Å². The number of rotatable bonds is 5. The van der Waals surface area contributed by atoms with E-state index < -0.39 is 4.92 Å². The summed E-state index contributed by atoms with van der Waals surface area (Å²) in [7, 11) is 0. The maximum Gasteiger partial charge on any atom is 0.270 e. The third kappa shape index (κ3) is 4.64. The molecule has 0 aromatic heterocycles. The third-order valence-corrected chi connectivity index (χ3v) is 5.08. The Balaban J connectivity index is 1.65. The lowest BCUT2D eigenvalue weighted by atomic mass is 9.99. The van der Waals surface area contributed by atoms with Crippen LogP contribution in [0.1, 0.15) is 48.7 Å². The van der Waals surface area contributed by atoms with Crippen LogP contribution >= 0.6 is 0 Å². The quantitative estimate of drug-likeness (QED) is 0.631. The lowest BCUT2D eigenvalue weighted by Gasteiger charge is -2.33. The monoisotopic (exact) mass is 367 g/mol. The fraction of sp³-hybridized carbons (Fsp3) is 0.381. The summed E-state index contributed by atoms with van der Waals surface area (Å²) in [5.74, 6) is 0.395. The Bertz CT molecular complexity index is 820. The van der Waals surface area contributed by atoms with E-state index in [0.717, 1.165) is 18.7 Å². The minimum Gasteiger partial charge on any atom is -0.371 e. The number of carbonyl (C=O) groups is 1. The number of non-ortho nitro benzene ring substituents is 1. The summed E-state index contributed by atoms with van der Waals surface area (Å²) < 4.78 is 0. The summed E-state index contributed by atoms with van der Waals surface area (Å²) in [4.78, 5) is 25.2. The molecule has 1 heterocycles. The van der Waals surface area contributed by atoms with Crippen molar-refractivity contribution in [2.24, 2.45) is 5.92 Å². The van der Waals surface area contributed by atoms with Crippen LogP contribution in [0.2, 0.25) is 0 Å². The highest BCUT2D eigenvalue weighted by Gasteiger charge is 2.18. The molecule has 1 aliphatic heterocycles. The molecule has 2 aromatic carbocycles. The topological polar surface area (TPSA) is 75.5 Å². The van der Waals surface area contributed by atoms with Crippen LogP contribution in [0.25, 0.3) is 0 Å². The standard InChI is InChI=1S/C21H25N3O3/c1-15-5-4-12-23(14-15)19-10-8-17(9-11-19)16(2)22-21(25)18-6-3-7-20(13-18)24(26)27/h3,6-11,13,15-16H,4-5,12,14H2,1-2H3,(H,22,25)/t15-,16-/m0/s1. The van der Waals surface area contributed by atoms with Crippen LogP contribution < -0.4 is 10.2 Å². The Labute approximate surface area is 159 Å². The number of piperidine rings is 1. The van der Waals surface area contributed by atoms with E-state index in [4.69, 9.17) is 0 Å². The molecule has 1 saturated heterocycles. The molecule has 1 aliphatic rings. The van der Waals surface area contributed by atoms with E-state index in [0.29, 0.717) is 5.92 Å². The summed E-state index contributed by atoms with van der Waals surface area (Å²) in [6.07, 6.45) is 2.51. The molecule has 6 nitrogen and oxygen atoms in total. The van der Waals surface area contributed by atoms with Gasteiger partial charge in [-0.05, 0) is 49.4 Å². The average Bonchev–Trinajstić information content (AvgIpc) is 2.68. The van der Waals surface area contributed by atoms with E-state index in [1.54, 1.807) is 6.07 Å². The van der Waals surface area contributed by atoms with Gasteiger partial charge >= 0.3 is 0 Å². The molecular weight excluding hydrogens is 342 g/mol. The fourth-order valence-electron chi connectivity index (χ4n) is 3.52. The molecule has 142 valence electrons. The molecule has 0 spiro atoms. The fourth-order valence-corrected chi connectivity index (χ4v) is 3.52. The smallest absolute Gasteiger partial charge is 0.270 e. The number of benzene rings is 2. The summed E-state index contributed by atoms with van der Waals surface area (Å²) in [6.45, 7) is 6.36. The molecule has 3 rings (SSSR count). The molecule has 6 heteroatoms. The lowest BCUT2D eigenvalue weighted by molar-refractivity contribution is -0.384. The SMILES string of the molecule is C[C@H]1CCCN(c2ccc([C@H](C)NC(=O)c3cccc([N+](=O)[O-])c3)cc2)C1. The van der Waals surface area contributed by atoms with Gasteiger partial charge in [0.15, 0.2) is 0 Å². The zero-order chi connectivity index (χ0) is 19.4. The van der Waals surface area contributed by atoms with Gasteiger partial charge in [-0.15, -0.1) is 0 Å². The van der Waals surface area contributed by atoms with Crippen LogP contribution in [0.5, 0.6) is 0 Å². The number of carbonyl (C=O) groups excluding carboxylic acids is 1. The first-order chi connectivity index (χ1) is 12.9. The number of nitro benzene ring substituents is 1. The van der Waals surface area contributed by atoms with Gasteiger partial charge in [0.05, 0.1) is 11.0 Å². The van der Waals surface area contributed by atoms with Crippen molar-refractivity contribution in [1.82, 2.24) is 5.32 Å². The number of anilines is 1. The van der Waals surface area contributed by atoms with E-state index in [-0.39, 0.29) is 23.2 Å². The first kappa shape index (κ1) is 18.9. The highest BCUT2D eigenvalue weighted by Crippen LogP contribution is 2.25. The molecule has 2 aromatic rings. The minimum absolute atomic E-state index is 0.0876. The van der Waals surface area contributed by atoms with Crippen LogP contribution in [0.4, 0.5) is 11.4 Å². The molecular formula is C21H25N3O3. The summed E-state index contributed by atoms with van der Waals surface area (Å²) in [5, 5.41) is 13.8. The van der Waals surface area contributed by atoms with Gasteiger partial charge in [-0.1, -0.05) is 25.1 Å². The van der Waals surface area contributed by atoms with E-state index >= 15 is 0 Å². The largest absolute Gasteiger partial charge is 0.371 e. The van der Waals surface area contributed by atoms with E-state index in [1.807, 2.05) is 19.1 Å². The summed E-state index contributed by atoms with van der Waals surface area (Å²) >= 11 is 0. The van der Waals surface area contributed by atoms with Crippen LogP contribution in [0.15, 0.2) is 48.5 Å². The zero-order valence-electron chi connectivity index (χ0n) is 15.7. The number of nitro groups is 1. The van der Waals surface area contributed by atoms with E-state index in [2.05, 4.69) is 29.3 Å². The zero-order valence-corrected chi connectivity index (χ0v) is 15.7. The molecule has 0 bridgehead atoms. The number of amides is 1. The van der Waals surface area contributed by atoms with Crippen molar-refractivity contribution < 1.29 is 9.72 Å². The van der Waals surface area contributed by atoms with Gasteiger partial charge in [-0.25, -0.2) is 0 Å². The first-order valence-corrected chi connectivity index (χ1v) is 9.34. The van der Waals surface area contributed by atoms with Crippen LogP contribution in [-0.2, 0) is 0 Å². The van der Waals surface area contributed by atoms with Gasteiger partial charge in [0.25, 0.3) is 11.6 Å². The molecule has 0 aliphatic carbocycles. The van der Waals surface area contributed by atoms with Gasteiger partial charge in [0, 0.05) is 36.5 Å². The third-order valence-electron chi connectivity index (χ3n) is 5.08. The maximum atomic E-state index is 12.4. The van der Waals surface area contributed by atoms with E-state index in [1.165, 1.54) is 36.7 Å². The molecule has 0 unspecified atom stereocenters. The Morgan fingerprint density at radius 1 is 1.26 bits per heavy atom. The molecule has 1 fully saturated rings. The number of hydrogen-bond donors (Lipinski definition) is 1. The summed E-state index contributed by atoms with van der Waals surface area (Å²) in [5.41, 5.74) is 2.41. The second-order valence-corrected chi connectivity index (χ2v) is 7.29. The Hall–Kier alpha value is -2.89. The van der Waals surface area contributed by atoms with Crippen molar-refractivity contribution >= 4 is 17.3 Å². The van der Waals surface area contributed by atoms with Gasteiger partial charge < -0.3 is 10.2 Å². The van der Waals surface area contributed by atoms with Crippen molar-refractivity contribution in [3.8, 4) is 0 Å². The van der Waals surface area contributed by atoms with Crippen molar-refractivity contribution in [2.75, 3.05) is 18.0 Å². The van der Waals surface area contributed by atoms with Gasteiger partial charge in [0.2, 0.25) is 0 Å². The van der Waals surface area contributed by atoms with Gasteiger partial charge in [-0.2, -0.15) is 0 Å². The molecule has 1 N–H and O–H groups in total. The minimum atomic E-state index is -0.500. The highest BCUT2D eigenvalue weighted by atomic mass is 16.6. The van der Waals surface area contributed by atoms with Crippen LogP contribution in [0, 0.1) is 16.0 Å².